The molecule has 0 N–H and O–H groups in total. The number of para-hydroxylation sites is 1. The molecule has 6 nitrogen and oxygen atoms in total. The topological polar surface area (TPSA) is 82.3 Å². The Morgan fingerprint density at radius 3 is 2.67 bits per heavy atom. The maximum Gasteiger partial charge on any atom is 0.196 e. The molecule has 0 amide bonds. The van der Waals surface area contributed by atoms with Gasteiger partial charge in [-0.05, 0) is 25.0 Å². The van der Waals surface area contributed by atoms with Crippen molar-refractivity contribution in [3.63, 3.8) is 0 Å². The molecule has 4 aromatic rings. The zero-order chi connectivity index (χ0) is 18.4. The van der Waals surface area contributed by atoms with Crippen LogP contribution in [0.3, 0.4) is 0 Å². The molecule has 0 spiro atoms. The number of carbonyl (C=O) groups excluding carboxylic acids is 1. The second kappa shape index (κ2) is 6.09. The van der Waals surface area contributed by atoms with Crippen LogP contribution in [0.25, 0.3) is 33.5 Å². The third kappa shape index (κ3) is 2.52. The van der Waals surface area contributed by atoms with Crippen LogP contribution in [0.5, 0.6) is 0 Å². The van der Waals surface area contributed by atoms with Crippen LogP contribution in [-0.4, -0.2) is 28.5 Å². The Morgan fingerprint density at radius 1 is 1.07 bits per heavy atom. The van der Waals surface area contributed by atoms with Gasteiger partial charge in [-0.1, -0.05) is 42.5 Å². The lowest BCUT2D eigenvalue weighted by atomic mass is 10.2. The van der Waals surface area contributed by atoms with E-state index in [1.54, 1.807) is 4.90 Å². The molecular formula is C21H16N3O3-. The summed E-state index contributed by atoms with van der Waals surface area (Å²) >= 11 is 0. The Balaban J connectivity index is 1.81. The number of furan rings is 1. The lowest BCUT2D eigenvalue weighted by molar-refractivity contribution is -0.307. The first-order valence-electron chi connectivity index (χ1n) is 8.94. The number of aliphatic carboxylic acids is 1. The zero-order valence-corrected chi connectivity index (χ0v) is 14.5. The molecule has 0 bridgehead atoms. The third-order valence-electron chi connectivity index (χ3n) is 5.03. The number of aromatic nitrogens is 2. The summed E-state index contributed by atoms with van der Waals surface area (Å²) in [5.74, 6) is -0.0213. The molecule has 0 radical (unpaired) electrons. The fourth-order valence-electron chi connectivity index (χ4n) is 3.75. The zero-order valence-electron chi connectivity index (χ0n) is 14.5. The van der Waals surface area contributed by atoms with Gasteiger partial charge in [0.25, 0.3) is 0 Å². The number of hydrogen-bond acceptors (Lipinski definition) is 6. The Bertz CT molecular complexity index is 1150. The van der Waals surface area contributed by atoms with Gasteiger partial charge in [0.1, 0.15) is 11.1 Å². The highest BCUT2D eigenvalue weighted by atomic mass is 16.4. The number of hydrogen-bond donors (Lipinski definition) is 0. The Labute approximate surface area is 155 Å². The number of fused-ring (bicyclic) bond motifs is 3. The van der Waals surface area contributed by atoms with E-state index >= 15 is 0 Å². The molecule has 0 saturated carbocycles. The van der Waals surface area contributed by atoms with Gasteiger partial charge in [-0.25, -0.2) is 9.97 Å². The van der Waals surface area contributed by atoms with Gasteiger partial charge in [0.15, 0.2) is 17.2 Å². The smallest absolute Gasteiger partial charge is 0.196 e. The molecule has 0 unspecified atom stereocenters. The Morgan fingerprint density at radius 2 is 1.85 bits per heavy atom. The van der Waals surface area contributed by atoms with Crippen LogP contribution in [0.15, 0.2) is 59.0 Å². The van der Waals surface area contributed by atoms with Crippen LogP contribution >= 0.6 is 0 Å². The molecule has 27 heavy (non-hydrogen) atoms. The first-order chi connectivity index (χ1) is 13.2. The Kier molecular flexibility index (Phi) is 3.57. The van der Waals surface area contributed by atoms with E-state index in [0.717, 1.165) is 17.4 Å². The summed E-state index contributed by atoms with van der Waals surface area (Å²) in [5, 5.41) is 12.5. The summed E-state index contributed by atoms with van der Waals surface area (Å²) in [4.78, 5) is 22.8. The lowest BCUT2D eigenvalue weighted by Gasteiger charge is -2.26. The maximum absolute atomic E-state index is 11.6. The number of benzene rings is 2. The van der Waals surface area contributed by atoms with Gasteiger partial charge < -0.3 is 19.2 Å². The summed E-state index contributed by atoms with van der Waals surface area (Å²) in [6, 6.07) is 16.6. The number of carbonyl (C=O) groups is 1. The van der Waals surface area contributed by atoms with Crippen molar-refractivity contribution in [2.24, 2.45) is 0 Å². The predicted molar refractivity (Wildman–Crippen MR) is 100 cm³/mol. The number of nitrogens with zero attached hydrogens (tertiary/aromatic N) is 3. The average Bonchev–Trinajstić information content (AvgIpc) is 3.33. The minimum absolute atomic E-state index is 0.516. The molecule has 1 aliphatic heterocycles. The van der Waals surface area contributed by atoms with Crippen LogP contribution in [0.4, 0.5) is 5.82 Å². The second-order valence-corrected chi connectivity index (χ2v) is 6.68. The molecule has 3 heterocycles. The molecule has 2 aromatic carbocycles. The van der Waals surface area contributed by atoms with Gasteiger partial charge >= 0.3 is 0 Å². The highest BCUT2D eigenvalue weighted by Crippen LogP contribution is 2.37. The standard InChI is InChI=1S/C21H17N3O3/c25-21(26)15-10-6-12-24(15)20-18-17(14-9-4-5-11-16(14)27-18)22-19(23-20)13-7-2-1-3-8-13/h1-5,7-9,11,15H,6,10,12H2,(H,25,26)/p-1/t15-/m1/s1. The van der Waals surface area contributed by atoms with E-state index in [2.05, 4.69) is 0 Å². The molecule has 0 aliphatic carbocycles. The van der Waals surface area contributed by atoms with E-state index in [-0.39, 0.29) is 0 Å². The summed E-state index contributed by atoms with van der Waals surface area (Å²) in [7, 11) is 0. The van der Waals surface area contributed by atoms with Crippen molar-refractivity contribution in [1.29, 1.82) is 0 Å². The van der Waals surface area contributed by atoms with Crippen molar-refractivity contribution < 1.29 is 14.3 Å². The largest absolute Gasteiger partial charge is 0.548 e. The van der Waals surface area contributed by atoms with Crippen molar-refractivity contribution in [2.45, 2.75) is 18.9 Å². The molecule has 6 heteroatoms. The maximum atomic E-state index is 11.6. The summed E-state index contributed by atoms with van der Waals surface area (Å²) in [5.41, 5.74) is 2.79. The molecule has 134 valence electrons. The molecule has 1 atom stereocenters. The van der Waals surface area contributed by atoms with Gasteiger partial charge in [0, 0.05) is 17.5 Å². The van der Waals surface area contributed by atoms with E-state index in [9.17, 15) is 9.90 Å². The van der Waals surface area contributed by atoms with Crippen LogP contribution in [0, 0.1) is 0 Å². The highest BCUT2D eigenvalue weighted by Gasteiger charge is 2.30. The first-order valence-corrected chi connectivity index (χ1v) is 8.94. The molecule has 1 aliphatic rings. The van der Waals surface area contributed by atoms with Crippen LogP contribution in [0.2, 0.25) is 0 Å². The first kappa shape index (κ1) is 15.8. The number of anilines is 1. The minimum atomic E-state index is -1.09. The van der Waals surface area contributed by atoms with Gasteiger partial charge in [-0.2, -0.15) is 0 Å². The molecule has 5 rings (SSSR count). The van der Waals surface area contributed by atoms with Crippen molar-refractivity contribution in [3.8, 4) is 11.4 Å². The summed E-state index contributed by atoms with van der Waals surface area (Å²) < 4.78 is 6.03. The summed E-state index contributed by atoms with van der Waals surface area (Å²) in [6.07, 6.45) is 1.31. The van der Waals surface area contributed by atoms with E-state index in [4.69, 9.17) is 14.4 Å². The predicted octanol–water partition coefficient (Wildman–Crippen LogP) is 2.76. The van der Waals surface area contributed by atoms with Crippen molar-refractivity contribution >= 4 is 33.9 Å². The van der Waals surface area contributed by atoms with Crippen LogP contribution in [-0.2, 0) is 4.79 Å². The van der Waals surface area contributed by atoms with Gasteiger partial charge in [-0.15, -0.1) is 0 Å². The van der Waals surface area contributed by atoms with E-state index in [1.165, 1.54) is 0 Å². The Hall–Kier alpha value is -3.41. The van der Waals surface area contributed by atoms with Gasteiger partial charge in [-0.3, -0.25) is 0 Å². The number of carboxylic acids is 1. The molecule has 2 aromatic heterocycles. The van der Waals surface area contributed by atoms with Crippen LogP contribution in [0.1, 0.15) is 12.8 Å². The lowest BCUT2D eigenvalue weighted by Crippen LogP contribution is -2.44. The quantitative estimate of drug-likeness (QED) is 0.560. The van der Waals surface area contributed by atoms with E-state index in [0.29, 0.717) is 41.3 Å². The third-order valence-corrected chi connectivity index (χ3v) is 5.03. The number of rotatable bonds is 3. The second-order valence-electron chi connectivity index (χ2n) is 6.68. The minimum Gasteiger partial charge on any atom is -0.548 e. The fraction of sp³-hybridized carbons (Fsp3) is 0.190. The fourth-order valence-corrected chi connectivity index (χ4v) is 3.75. The summed E-state index contributed by atoms with van der Waals surface area (Å²) in [6.45, 7) is 0.593. The van der Waals surface area contributed by atoms with Gasteiger partial charge in [0.05, 0.1) is 12.0 Å². The van der Waals surface area contributed by atoms with Crippen molar-refractivity contribution in [1.82, 2.24) is 9.97 Å². The SMILES string of the molecule is O=C([O-])[C@H]1CCCN1c1nc(-c2ccccc2)nc2c1oc1ccccc12. The van der Waals surface area contributed by atoms with E-state index in [1.807, 2.05) is 54.6 Å². The molecular weight excluding hydrogens is 342 g/mol. The number of carboxylic acid groups (broad SMARTS) is 1. The average molecular weight is 358 g/mol. The van der Waals surface area contributed by atoms with Crippen molar-refractivity contribution in [2.75, 3.05) is 11.4 Å². The molecule has 1 saturated heterocycles. The van der Waals surface area contributed by atoms with Crippen LogP contribution < -0.4 is 10.0 Å². The van der Waals surface area contributed by atoms with Gasteiger partial charge in [0.2, 0.25) is 0 Å². The van der Waals surface area contributed by atoms with Crippen molar-refractivity contribution in [3.05, 3.63) is 54.6 Å². The highest BCUT2D eigenvalue weighted by molar-refractivity contribution is 6.06. The van der Waals surface area contributed by atoms with E-state index < -0.39 is 12.0 Å². The normalized spacial score (nSPS) is 17.0. The monoisotopic (exact) mass is 358 g/mol. The molecule has 1 fully saturated rings.